The van der Waals surface area contributed by atoms with Crippen molar-refractivity contribution in [2.75, 3.05) is 11.6 Å². The van der Waals surface area contributed by atoms with Crippen LogP contribution in [0, 0.1) is 0 Å². The van der Waals surface area contributed by atoms with Gasteiger partial charge in [-0.05, 0) is 18.6 Å². The van der Waals surface area contributed by atoms with Crippen LogP contribution in [-0.4, -0.2) is 39.7 Å². The number of nitrogens with one attached hydrogen (secondary N) is 1. The van der Waals surface area contributed by atoms with E-state index in [1.165, 1.54) is 5.01 Å². The molecular weight excluding hydrogens is 320 g/mol. The van der Waals surface area contributed by atoms with Crippen LogP contribution in [-0.2, 0) is 16.1 Å². The van der Waals surface area contributed by atoms with E-state index in [1.807, 2.05) is 41.1 Å². The second-order valence-electron chi connectivity index (χ2n) is 5.76. The van der Waals surface area contributed by atoms with Crippen molar-refractivity contribution in [3.63, 3.8) is 0 Å². The number of aryl methyl sites for hydroxylation is 1. The second-order valence-corrected chi connectivity index (χ2v) is 5.76. The second kappa shape index (κ2) is 7.61. The zero-order valence-electron chi connectivity index (χ0n) is 13.7. The number of aromatic nitrogens is 2. The molecule has 2 aromatic rings. The Hall–Kier alpha value is -3.16. The van der Waals surface area contributed by atoms with Crippen LogP contribution in [0.4, 0.5) is 5.69 Å². The number of carbonyl (C=O) groups is 2. The molecule has 130 valence electrons. The van der Waals surface area contributed by atoms with E-state index >= 15 is 0 Å². The number of hydrogen-bond acceptors (Lipinski definition) is 5. The zero-order chi connectivity index (χ0) is 17.6. The van der Waals surface area contributed by atoms with Crippen LogP contribution >= 0.6 is 0 Å². The van der Waals surface area contributed by atoms with Gasteiger partial charge in [-0.25, -0.2) is 4.98 Å². The highest BCUT2D eigenvalue weighted by molar-refractivity contribution is 6.40. The van der Waals surface area contributed by atoms with Crippen molar-refractivity contribution in [2.24, 2.45) is 10.8 Å². The van der Waals surface area contributed by atoms with Gasteiger partial charge in [0.2, 0.25) is 5.91 Å². The highest BCUT2D eigenvalue weighted by Gasteiger charge is 2.34. The normalized spacial score (nSPS) is 16.6. The molecule has 2 heterocycles. The minimum Gasteiger partial charge on any atom is -0.368 e. The first kappa shape index (κ1) is 16.7. The molecule has 1 atom stereocenters. The number of amides is 2. The smallest absolute Gasteiger partial charge is 0.267 e. The molecule has 0 aliphatic carbocycles. The number of nitrogens with zero attached hydrogens (tertiary/aromatic N) is 4. The number of para-hydroxylation sites is 1. The Bertz CT molecular complexity index is 757. The van der Waals surface area contributed by atoms with Crippen molar-refractivity contribution in [3.05, 3.63) is 49.1 Å². The molecule has 0 saturated heterocycles. The van der Waals surface area contributed by atoms with Crippen LogP contribution in [0.1, 0.15) is 12.8 Å². The van der Waals surface area contributed by atoms with Gasteiger partial charge in [0, 0.05) is 31.9 Å². The summed E-state index contributed by atoms with van der Waals surface area (Å²) >= 11 is 0. The van der Waals surface area contributed by atoms with Gasteiger partial charge in [0.05, 0.1) is 12.0 Å². The highest BCUT2D eigenvalue weighted by Crippen LogP contribution is 2.24. The molecule has 1 aromatic heterocycles. The molecule has 0 radical (unpaired) electrons. The Kier molecular flexibility index (Phi) is 5.08. The van der Waals surface area contributed by atoms with Crippen LogP contribution in [0.5, 0.6) is 0 Å². The van der Waals surface area contributed by atoms with Crippen molar-refractivity contribution in [1.29, 1.82) is 0 Å². The summed E-state index contributed by atoms with van der Waals surface area (Å²) in [6, 6.07) is 8.57. The maximum absolute atomic E-state index is 12.3. The molecule has 0 saturated carbocycles. The van der Waals surface area contributed by atoms with Gasteiger partial charge in [-0.1, -0.05) is 18.2 Å². The third-order valence-electron chi connectivity index (χ3n) is 3.96. The quantitative estimate of drug-likeness (QED) is 0.716. The van der Waals surface area contributed by atoms with Gasteiger partial charge in [-0.15, -0.1) is 0 Å². The fraction of sp³-hybridized carbons (Fsp3) is 0.294. The lowest BCUT2D eigenvalue weighted by Crippen LogP contribution is -2.40. The van der Waals surface area contributed by atoms with E-state index in [0.717, 1.165) is 18.7 Å². The molecule has 0 fully saturated rings. The number of benzene rings is 1. The number of carbonyl (C=O) groups excluding carboxylic acids is 2. The molecule has 0 spiro atoms. The van der Waals surface area contributed by atoms with E-state index in [4.69, 9.17) is 5.73 Å². The number of hydrogen-bond donors (Lipinski definition) is 2. The molecule has 1 aliphatic rings. The van der Waals surface area contributed by atoms with Gasteiger partial charge in [0.25, 0.3) is 5.91 Å². The number of anilines is 1. The maximum atomic E-state index is 12.3. The van der Waals surface area contributed by atoms with E-state index in [-0.39, 0.29) is 12.3 Å². The first-order valence-corrected chi connectivity index (χ1v) is 8.10. The summed E-state index contributed by atoms with van der Waals surface area (Å²) < 4.78 is 1.94. The van der Waals surface area contributed by atoms with E-state index < -0.39 is 11.9 Å². The standard InChI is InChI=1S/C17H20N6O2/c18-16(24)15-11-14(21-23(15)13-5-2-1-3-6-13)17(25)20-7-4-9-22-10-8-19-12-22/h1-3,5-6,8,10,12,15H,4,7,9,11H2,(H2,18,24)(H,20,25). The maximum Gasteiger partial charge on any atom is 0.267 e. The molecule has 1 aliphatic heterocycles. The molecule has 3 rings (SSSR count). The van der Waals surface area contributed by atoms with Crippen LogP contribution in [0.2, 0.25) is 0 Å². The average molecular weight is 340 g/mol. The Morgan fingerprint density at radius 2 is 2.08 bits per heavy atom. The third kappa shape index (κ3) is 4.03. The largest absolute Gasteiger partial charge is 0.368 e. The number of imidazole rings is 1. The highest BCUT2D eigenvalue weighted by atomic mass is 16.2. The summed E-state index contributed by atoms with van der Waals surface area (Å²) in [5.74, 6) is -0.772. The minimum absolute atomic E-state index is 0.206. The van der Waals surface area contributed by atoms with Crippen LogP contribution in [0.25, 0.3) is 0 Å². The lowest BCUT2D eigenvalue weighted by Gasteiger charge is -2.20. The van der Waals surface area contributed by atoms with E-state index in [9.17, 15) is 9.59 Å². The van der Waals surface area contributed by atoms with Crippen LogP contribution in [0.3, 0.4) is 0 Å². The Labute approximate surface area is 145 Å². The summed E-state index contributed by atoms with van der Waals surface area (Å²) in [5, 5.41) is 8.66. The van der Waals surface area contributed by atoms with Gasteiger partial charge in [0.15, 0.2) is 0 Å². The van der Waals surface area contributed by atoms with Crippen molar-refractivity contribution in [2.45, 2.75) is 25.4 Å². The van der Waals surface area contributed by atoms with E-state index in [2.05, 4.69) is 15.4 Å². The minimum atomic E-state index is -0.644. The predicted molar refractivity (Wildman–Crippen MR) is 93.8 cm³/mol. The van der Waals surface area contributed by atoms with Crippen LogP contribution in [0.15, 0.2) is 54.2 Å². The molecule has 8 heteroatoms. The van der Waals surface area contributed by atoms with Gasteiger partial charge >= 0.3 is 0 Å². The molecule has 0 bridgehead atoms. The molecule has 3 N–H and O–H groups in total. The number of rotatable bonds is 7. The average Bonchev–Trinajstić information content (AvgIpc) is 3.29. The van der Waals surface area contributed by atoms with E-state index in [1.54, 1.807) is 12.5 Å². The summed E-state index contributed by atoms with van der Waals surface area (Å²) in [5.41, 5.74) is 6.52. The van der Waals surface area contributed by atoms with Crippen molar-refractivity contribution in [3.8, 4) is 0 Å². The van der Waals surface area contributed by atoms with Gasteiger partial charge < -0.3 is 15.6 Å². The summed E-state index contributed by atoms with van der Waals surface area (Å²) in [6.07, 6.45) is 6.30. The van der Waals surface area contributed by atoms with Gasteiger partial charge in [0.1, 0.15) is 11.8 Å². The molecule has 1 aromatic carbocycles. The zero-order valence-corrected chi connectivity index (χ0v) is 13.7. The first-order chi connectivity index (χ1) is 12.1. The number of nitrogens with two attached hydrogens (primary N) is 1. The Morgan fingerprint density at radius 3 is 2.76 bits per heavy atom. The lowest BCUT2D eigenvalue weighted by atomic mass is 10.1. The molecule has 1 unspecified atom stereocenters. The summed E-state index contributed by atoms with van der Waals surface area (Å²) in [4.78, 5) is 28.0. The van der Waals surface area contributed by atoms with Gasteiger partial charge in [-0.3, -0.25) is 14.6 Å². The topological polar surface area (TPSA) is 106 Å². The van der Waals surface area contributed by atoms with E-state index in [0.29, 0.717) is 12.3 Å². The SMILES string of the molecule is NC(=O)C1CC(C(=O)NCCCn2ccnc2)=NN1c1ccccc1. The third-order valence-corrected chi connectivity index (χ3v) is 3.96. The molecular formula is C17H20N6O2. The summed E-state index contributed by atoms with van der Waals surface area (Å²) in [7, 11) is 0. The molecule has 8 nitrogen and oxygen atoms in total. The number of hydrazone groups is 1. The fourth-order valence-electron chi connectivity index (χ4n) is 2.67. The van der Waals surface area contributed by atoms with Crippen molar-refractivity contribution < 1.29 is 9.59 Å². The van der Waals surface area contributed by atoms with Crippen molar-refractivity contribution >= 4 is 23.2 Å². The first-order valence-electron chi connectivity index (χ1n) is 8.10. The van der Waals surface area contributed by atoms with Crippen molar-refractivity contribution in [1.82, 2.24) is 14.9 Å². The Morgan fingerprint density at radius 1 is 1.28 bits per heavy atom. The van der Waals surface area contributed by atoms with Gasteiger partial charge in [-0.2, -0.15) is 5.10 Å². The van der Waals surface area contributed by atoms with Crippen LogP contribution < -0.4 is 16.1 Å². The monoisotopic (exact) mass is 340 g/mol. The lowest BCUT2D eigenvalue weighted by molar-refractivity contribution is -0.119. The Balaban J connectivity index is 1.59. The summed E-state index contributed by atoms with van der Waals surface area (Å²) in [6.45, 7) is 1.29. The number of primary amides is 1. The molecule has 2 amide bonds. The molecule has 25 heavy (non-hydrogen) atoms. The fourth-order valence-corrected chi connectivity index (χ4v) is 2.67. The predicted octanol–water partition coefficient (Wildman–Crippen LogP) is 0.510.